The molecule has 0 aliphatic rings. The van der Waals surface area contributed by atoms with E-state index in [4.69, 9.17) is 6.57 Å². The van der Waals surface area contributed by atoms with Crippen LogP contribution in [0.3, 0.4) is 0 Å². The Balaban J connectivity index is 0.960. The van der Waals surface area contributed by atoms with Crippen molar-refractivity contribution in [2.45, 2.75) is 0 Å². The van der Waals surface area contributed by atoms with Crippen LogP contribution in [0.25, 0.3) is 76.5 Å². The van der Waals surface area contributed by atoms with Crippen LogP contribution in [0.1, 0.15) is 0 Å². The van der Waals surface area contributed by atoms with Crippen LogP contribution in [0.4, 0.5) is 39.8 Å². The fourth-order valence-corrected chi connectivity index (χ4v) is 9.91. The molecule has 11 aromatic carbocycles. The molecule has 69 heavy (non-hydrogen) atoms. The number of para-hydroxylation sites is 2. The van der Waals surface area contributed by atoms with Crippen LogP contribution in [-0.4, -0.2) is 4.57 Å². The number of nitrogens with zero attached hydrogens (tertiary/aromatic N) is 4. The fraction of sp³-hybridized carbons (Fsp3) is 0. The zero-order valence-corrected chi connectivity index (χ0v) is 37.7. The van der Waals surface area contributed by atoms with E-state index in [1.807, 2.05) is 24.3 Å². The Kier molecular flexibility index (Phi) is 10.6. The molecule has 4 nitrogen and oxygen atoms in total. The Bertz CT molecular complexity index is 3820. The smallest absolute Gasteiger partial charge is 0.187 e. The summed E-state index contributed by atoms with van der Waals surface area (Å²) in [5, 5.41) is 4.69. The van der Waals surface area contributed by atoms with E-state index in [2.05, 4.69) is 262 Å². The van der Waals surface area contributed by atoms with Crippen molar-refractivity contribution >= 4 is 72.4 Å². The van der Waals surface area contributed by atoms with Gasteiger partial charge in [0.2, 0.25) is 0 Å². The van der Waals surface area contributed by atoms with E-state index in [9.17, 15) is 0 Å². The number of hydrogen-bond donors (Lipinski definition) is 0. The van der Waals surface area contributed by atoms with E-state index in [0.717, 1.165) is 72.9 Å². The van der Waals surface area contributed by atoms with Crippen molar-refractivity contribution in [1.82, 2.24) is 4.57 Å². The van der Waals surface area contributed by atoms with E-state index in [-0.39, 0.29) is 0 Å². The van der Waals surface area contributed by atoms with Gasteiger partial charge in [-0.05, 0) is 130 Å². The van der Waals surface area contributed by atoms with E-state index in [1.165, 1.54) is 32.8 Å². The van der Waals surface area contributed by atoms with Crippen LogP contribution in [0.2, 0.25) is 0 Å². The van der Waals surface area contributed by atoms with Crippen LogP contribution in [0, 0.1) is 6.57 Å². The number of fused-ring (bicyclic) bond motifs is 4. The van der Waals surface area contributed by atoms with Crippen molar-refractivity contribution in [2.75, 3.05) is 9.80 Å². The summed E-state index contributed by atoms with van der Waals surface area (Å²) in [5.74, 6) is 0. The summed E-state index contributed by atoms with van der Waals surface area (Å²) in [4.78, 5) is 8.38. The molecule has 0 fully saturated rings. The Hall–Kier alpha value is -9.43. The highest BCUT2D eigenvalue weighted by atomic mass is 15.1. The molecule has 324 valence electrons. The summed E-state index contributed by atoms with van der Waals surface area (Å²) in [5.41, 5.74) is 17.3. The Morgan fingerprint density at radius 2 is 0.797 bits per heavy atom. The summed E-state index contributed by atoms with van der Waals surface area (Å²) in [6, 6.07) is 94.9. The van der Waals surface area contributed by atoms with Crippen molar-refractivity contribution in [3.8, 4) is 39.1 Å². The summed E-state index contributed by atoms with van der Waals surface area (Å²) in [7, 11) is 0. The lowest BCUT2D eigenvalue weighted by molar-refractivity contribution is 1.18. The molecule has 4 heteroatoms. The van der Waals surface area contributed by atoms with Crippen LogP contribution in [0.15, 0.2) is 267 Å². The van der Waals surface area contributed by atoms with Gasteiger partial charge in [0.25, 0.3) is 0 Å². The molecule has 0 spiro atoms. The maximum atomic E-state index is 7.66. The van der Waals surface area contributed by atoms with Crippen molar-refractivity contribution in [2.24, 2.45) is 0 Å². The summed E-state index contributed by atoms with van der Waals surface area (Å²) >= 11 is 0. The standard InChI is InChI=1S/C65H44N4/c1-66-51-32-38-54(39-33-51)67(57-40-42-65-62(45-57)61-26-13-14-27-63(61)69(65)52-21-9-4-10-22-52)53-36-30-49(31-37-53)58-41-43-64(60-25-12-11-24-59(58)60)68(55-34-28-48(29-35-55)46-16-5-2-6-17-46)56-23-15-20-50(44-56)47-18-7-3-8-19-47/h2-45H. The first-order chi connectivity index (χ1) is 34.2. The molecule has 12 aromatic rings. The second-order valence-corrected chi connectivity index (χ2v) is 17.2. The molecule has 0 aliphatic heterocycles. The van der Waals surface area contributed by atoms with Gasteiger partial charge in [-0.1, -0.05) is 176 Å². The predicted molar refractivity (Wildman–Crippen MR) is 290 cm³/mol. The van der Waals surface area contributed by atoms with Crippen molar-refractivity contribution in [3.05, 3.63) is 278 Å². The lowest BCUT2D eigenvalue weighted by Gasteiger charge is -2.28. The first kappa shape index (κ1) is 41.0. The third-order valence-electron chi connectivity index (χ3n) is 13.2. The summed E-state index contributed by atoms with van der Waals surface area (Å²) in [6.45, 7) is 7.66. The first-order valence-corrected chi connectivity index (χ1v) is 23.3. The molecular formula is C65H44N4. The highest BCUT2D eigenvalue weighted by molar-refractivity contribution is 6.11. The molecule has 1 aromatic heterocycles. The van der Waals surface area contributed by atoms with Gasteiger partial charge in [-0.15, -0.1) is 0 Å². The molecule has 0 atom stereocenters. The fourth-order valence-electron chi connectivity index (χ4n) is 9.91. The minimum absolute atomic E-state index is 0.609. The van der Waals surface area contributed by atoms with Gasteiger partial charge in [0.15, 0.2) is 5.69 Å². The zero-order valence-electron chi connectivity index (χ0n) is 37.7. The lowest BCUT2D eigenvalue weighted by Crippen LogP contribution is -2.11. The van der Waals surface area contributed by atoms with Gasteiger partial charge in [-0.2, -0.15) is 0 Å². The van der Waals surface area contributed by atoms with Crippen molar-refractivity contribution < 1.29 is 0 Å². The van der Waals surface area contributed by atoms with Gasteiger partial charge in [0.05, 0.1) is 23.3 Å². The van der Waals surface area contributed by atoms with Gasteiger partial charge in [-0.25, -0.2) is 4.85 Å². The molecule has 0 bridgehead atoms. The number of aromatic nitrogens is 1. The van der Waals surface area contributed by atoms with Gasteiger partial charge < -0.3 is 14.4 Å². The quantitative estimate of drug-likeness (QED) is 0.127. The van der Waals surface area contributed by atoms with Crippen LogP contribution in [0.5, 0.6) is 0 Å². The monoisotopic (exact) mass is 880 g/mol. The molecule has 0 aliphatic carbocycles. The van der Waals surface area contributed by atoms with Crippen LogP contribution >= 0.6 is 0 Å². The average Bonchev–Trinajstić information content (AvgIpc) is 3.76. The van der Waals surface area contributed by atoms with Gasteiger partial charge in [0.1, 0.15) is 0 Å². The third kappa shape index (κ3) is 7.65. The van der Waals surface area contributed by atoms with E-state index in [1.54, 1.807) is 0 Å². The molecule has 1 heterocycles. The molecular weight excluding hydrogens is 837 g/mol. The first-order valence-electron chi connectivity index (χ1n) is 23.3. The van der Waals surface area contributed by atoms with Crippen molar-refractivity contribution in [3.63, 3.8) is 0 Å². The minimum Gasteiger partial charge on any atom is -0.311 e. The summed E-state index contributed by atoms with van der Waals surface area (Å²) < 4.78 is 2.34. The molecule has 0 amide bonds. The number of benzene rings is 11. The SMILES string of the molecule is [C-]#[N+]c1ccc(N(c2ccc(-c3ccc(N(c4ccc(-c5ccccc5)cc4)c4cccc(-c5ccccc5)c4)c4ccccc34)cc2)c2ccc3c(c2)c2ccccc2n3-c2ccccc2)cc1. The number of anilines is 6. The highest BCUT2D eigenvalue weighted by Crippen LogP contribution is 2.45. The van der Waals surface area contributed by atoms with E-state index in [0.29, 0.717) is 5.69 Å². The maximum Gasteiger partial charge on any atom is 0.187 e. The lowest BCUT2D eigenvalue weighted by atomic mass is 9.95. The van der Waals surface area contributed by atoms with Crippen LogP contribution in [-0.2, 0) is 0 Å². The molecule has 0 radical (unpaired) electrons. The third-order valence-corrected chi connectivity index (χ3v) is 13.2. The van der Waals surface area contributed by atoms with Gasteiger partial charge in [-0.3, -0.25) is 0 Å². The number of hydrogen-bond acceptors (Lipinski definition) is 2. The van der Waals surface area contributed by atoms with E-state index < -0.39 is 0 Å². The molecule has 0 unspecified atom stereocenters. The zero-order chi connectivity index (χ0) is 46.1. The van der Waals surface area contributed by atoms with Crippen molar-refractivity contribution in [1.29, 1.82) is 0 Å². The molecule has 0 saturated carbocycles. The van der Waals surface area contributed by atoms with E-state index >= 15 is 0 Å². The Morgan fingerprint density at radius 3 is 1.48 bits per heavy atom. The molecule has 12 rings (SSSR count). The average molecular weight is 881 g/mol. The minimum atomic E-state index is 0.609. The molecule has 0 saturated heterocycles. The Labute approximate surface area is 402 Å². The van der Waals surface area contributed by atoms with Gasteiger partial charge >= 0.3 is 0 Å². The highest BCUT2D eigenvalue weighted by Gasteiger charge is 2.21. The molecule has 0 N–H and O–H groups in total. The van der Waals surface area contributed by atoms with Gasteiger partial charge in [0, 0.05) is 50.3 Å². The normalized spacial score (nSPS) is 11.2. The Morgan fingerprint density at radius 1 is 0.304 bits per heavy atom. The second kappa shape index (κ2) is 17.8. The largest absolute Gasteiger partial charge is 0.311 e. The summed E-state index contributed by atoms with van der Waals surface area (Å²) in [6.07, 6.45) is 0. The van der Waals surface area contributed by atoms with Crippen LogP contribution < -0.4 is 9.80 Å². The predicted octanol–water partition coefficient (Wildman–Crippen LogP) is 18.4. The maximum absolute atomic E-state index is 7.66. The number of rotatable bonds is 10. The second-order valence-electron chi connectivity index (χ2n) is 17.2. The topological polar surface area (TPSA) is 15.8 Å².